The number of benzene rings is 2. The molecule has 0 radical (unpaired) electrons. The van der Waals surface area contributed by atoms with Crippen molar-refractivity contribution in [1.82, 2.24) is 0 Å². The van der Waals surface area contributed by atoms with Crippen LogP contribution in [0.2, 0.25) is 5.02 Å². The smallest absolute Gasteiger partial charge is 0.350 e. The largest absolute Gasteiger partial charge is 0.476 e. The summed E-state index contributed by atoms with van der Waals surface area (Å²) in [6.07, 6.45) is 0. The van der Waals surface area contributed by atoms with Gasteiger partial charge in [0.15, 0.2) is 12.2 Å². The van der Waals surface area contributed by atoms with E-state index in [1.54, 1.807) is 24.3 Å². The van der Waals surface area contributed by atoms with Gasteiger partial charge in [-0.1, -0.05) is 17.7 Å². The average Bonchev–Trinajstić information content (AvgIpc) is 2.54. The van der Waals surface area contributed by atoms with Crippen molar-refractivity contribution in [2.24, 2.45) is 0 Å². The molecule has 2 aromatic carbocycles. The maximum absolute atomic E-state index is 13.1. The normalized spacial score (nSPS) is 10.9. The molecular weight excluding hydrogens is 349 g/mol. The second-order valence-electron chi connectivity index (χ2n) is 5.70. The Morgan fingerprint density at radius 2 is 1.84 bits per heavy atom. The molecule has 2 rings (SSSR count). The lowest BCUT2D eigenvalue weighted by Gasteiger charge is -2.24. The Labute approximate surface area is 149 Å². The highest BCUT2D eigenvalue weighted by molar-refractivity contribution is 6.30. The van der Waals surface area contributed by atoms with E-state index in [9.17, 15) is 14.0 Å². The van der Waals surface area contributed by atoms with Crippen LogP contribution in [0.1, 0.15) is 13.8 Å². The minimum atomic E-state index is -1.30. The molecule has 0 unspecified atom stereocenters. The van der Waals surface area contributed by atoms with E-state index in [1.807, 2.05) is 0 Å². The fourth-order valence-corrected chi connectivity index (χ4v) is 2.03. The molecule has 0 saturated carbocycles. The van der Waals surface area contributed by atoms with Crippen molar-refractivity contribution in [3.63, 3.8) is 0 Å². The fourth-order valence-electron chi connectivity index (χ4n) is 1.91. The Morgan fingerprint density at radius 1 is 1.16 bits per heavy atom. The van der Waals surface area contributed by atoms with Crippen molar-refractivity contribution in [2.75, 3.05) is 11.9 Å². The Hall–Kier alpha value is -2.60. The van der Waals surface area contributed by atoms with Crippen LogP contribution in [-0.4, -0.2) is 24.1 Å². The van der Waals surface area contributed by atoms with E-state index in [2.05, 4.69) is 5.32 Å². The second-order valence-corrected chi connectivity index (χ2v) is 6.14. The monoisotopic (exact) mass is 365 g/mol. The molecule has 0 fully saturated rings. The zero-order valence-electron chi connectivity index (χ0n) is 13.7. The van der Waals surface area contributed by atoms with Gasteiger partial charge >= 0.3 is 5.97 Å². The summed E-state index contributed by atoms with van der Waals surface area (Å²) in [5.41, 5.74) is -1.02. The number of halogens is 2. The van der Waals surface area contributed by atoms with Gasteiger partial charge in [-0.3, -0.25) is 4.79 Å². The molecule has 132 valence electrons. The predicted molar refractivity (Wildman–Crippen MR) is 92.1 cm³/mol. The van der Waals surface area contributed by atoms with E-state index in [1.165, 1.54) is 32.0 Å². The number of hydrogen-bond donors (Lipinski definition) is 1. The lowest BCUT2D eigenvalue weighted by molar-refractivity contribution is -0.161. The zero-order valence-corrected chi connectivity index (χ0v) is 14.5. The molecule has 1 amide bonds. The Balaban J connectivity index is 1.87. The summed E-state index contributed by atoms with van der Waals surface area (Å²) >= 11 is 5.79. The Morgan fingerprint density at radius 3 is 2.48 bits per heavy atom. The van der Waals surface area contributed by atoms with E-state index >= 15 is 0 Å². The maximum atomic E-state index is 13.1. The first-order valence-electron chi connectivity index (χ1n) is 7.43. The van der Waals surface area contributed by atoms with Crippen molar-refractivity contribution >= 4 is 29.2 Å². The first-order chi connectivity index (χ1) is 11.8. The van der Waals surface area contributed by atoms with Gasteiger partial charge in [-0.25, -0.2) is 9.18 Å². The fraction of sp³-hybridized carbons (Fsp3) is 0.222. The number of carbonyl (C=O) groups is 2. The van der Waals surface area contributed by atoms with Crippen molar-refractivity contribution in [3.05, 3.63) is 59.4 Å². The first kappa shape index (κ1) is 18.7. The summed E-state index contributed by atoms with van der Waals surface area (Å²) in [5.74, 6) is -1.33. The van der Waals surface area contributed by atoms with Gasteiger partial charge in [0.25, 0.3) is 5.91 Å². The SMILES string of the molecule is CC(C)(Oc1ccc(Cl)cc1)C(=O)OCC(=O)Nc1cccc(F)c1. The third-order valence-corrected chi connectivity index (χ3v) is 3.37. The predicted octanol–water partition coefficient (Wildman–Crippen LogP) is 3.82. The molecule has 0 aliphatic carbocycles. The van der Waals surface area contributed by atoms with Crippen LogP contribution in [-0.2, 0) is 14.3 Å². The van der Waals surface area contributed by atoms with Gasteiger partial charge in [0.2, 0.25) is 0 Å². The van der Waals surface area contributed by atoms with Gasteiger partial charge in [-0.2, -0.15) is 0 Å². The number of ether oxygens (including phenoxy) is 2. The quantitative estimate of drug-likeness (QED) is 0.790. The zero-order chi connectivity index (χ0) is 18.4. The third-order valence-electron chi connectivity index (χ3n) is 3.12. The topological polar surface area (TPSA) is 64.6 Å². The van der Waals surface area contributed by atoms with E-state index in [4.69, 9.17) is 21.1 Å². The molecular formula is C18H17ClFNO4. The van der Waals surface area contributed by atoms with Crippen molar-refractivity contribution in [3.8, 4) is 5.75 Å². The Bertz CT molecular complexity index is 762. The number of rotatable bonds is 6. The number of carbonyl (C=O) groups excluding carboxylic acids is 2. The maximum Gasteiger partial charge on any atom is 0.350 e. The third kappa shape index (κ3) is 5.76. The summed E-state index contributed by atoms with van der Waals surface area (Å²) in [6.45, 7) is 2.53. The van der Waals surface area contributed by atoms with Crippen LogP contribution in [0.25, 0.3) is 0 Å². The summed E-state index contributed by atoms with van der Waals surface area (Å²) < 4.78 is 23.6. The minimum absolute atomic E-state index is 0.276. The van der Waals surface area contributed by atoms with Crippen LogP contribution in [0.3, 0.4) is 0 Å². The highest BCUT2D eigenvalue weighted by Crippen LogP contribution is 2.21. The molecule has 0 saturated heterocycles. The minimum Gasteiger partial charge on any atom is -0.476 e. The second kappa shape index (κ2) is 7.98. The highest BCUT2D eigenvalue weighted by Gasteiger charge is 2.32. The number of esters is 1. The van der Waals surface area contributed by atoms with Gasteiger partial charge in [0.05, 0.1) is 0 Å². The summed E-state index contributed by atoms with van der Waals surface area (Å²) in [5, 5.41) is 2.98. The molecule has 25 heavy (non-hydrogen) atoms. The molecule has 0 heterocycles. The molecule has 1 N–H and O–H groups in total. The number of anilines is 1. The molecule has 0 aliphatic heterocycles. The summed E-state index contributed by atoms with van der Waals surface area (Å²) in [7, 11) is 0. The summed E-state index contributed by atoms with van der Waals surface area (Å²) in [4.78, 5) is 23.9. The molecule has 7 heteroatoms. The van der Waals surface area contributed by atoms with Gasteiger partial charge in [0, 0.05) is 10.7 Å². The van der Waals surface area contributed by atoms with Crippen LogP contribution in [0.4, 0.5) is 10.1 Å². The molecule has 2 aromatic rings. The molecule has 0 spiro atoms. The van der Waals surface area contributed by atoms with Gasteiger partial charge in [-0.15, -0.1) is 0 Å². The molecule has 0 bridgehead atoms. The van der Waals surface area contributed by atoms with E-state index < -0.39 is 29.9 Å². The molecule has 0 aromatic heterocycles. The van der Waals surface area contributed by atoms with Crippen LogP contribution < -0.4 is 10.1 Å². The number of nitrogens with one attached hydrogen (secondary N) is 1. The average molecular weight is 366 g/mol. The first-order valence-corrected chi connectivity index (χ1v) is 7.81. The van der Waals surface area contributed by atoms with Crippen LogP contribution in [0.5, 0.6) is 5.75 Å². The van der Waals surface area contributed by atoms with E-state index in [0.29, 0.717) is 10.8 Å². The van der Waals surface area contributed by atoms with Gasteiger partial charge < -0.3 is 14.8 Å². The van der Waals surface area contributed by atoms with Crippen LogP contribution in [0.15, 0.2) is 48.5 Å². The van der Waals surface area contributed by atoms with E-state index in [-0.39, 0.29) is 5.69 Å². The Kier molecular flexibility index (Phi) is 5.98. The van der Waals surface area contributed by atoms with Crippen LogP contribution >= 0.6 is 11.6 Å². The van der Waals surface area contributed by atoms with E-state index in [0.717, 1.165) is 6.07 Å². The number of hydrogen-bond acceptors (Lipinski definition) is 4. The van der Waals surface area contributed by atoms with Gasteiger partial charge in [-0.05, 0) is 56.3 Å². The number of amides is 1. The summed E-state index contributed by atoms with van der Waals surface area (Å²) in [6, 6.07) is 11.9. The molecule has 0 atom stereocenters. The lowest BCUT2D eigenvalue weighted by atomic mass is 10.1. The lowest BCUT2D eigenvalue weighted by Crippen LogP contribution is -2.41. The van der Waals surface area contributed by atoms with Gasteiger partial charge in [0.1, 0.15) is 11.6 Å². The molecule has 0 aliphatic rings. The standard InChI is InChI=1S/C18H17ClFNO4/c1-18(2,25-15-8-6-12(19)7-9-15)17(23)24-11-16(22)21-14-5-3-4-13(20)10-14/h3-10H,11H2,1-2H3,(H,21,22). The van der Waals surface area contributed by atoms with Crippen molar-refractivity contribution in [1.29, 1.82) is 0 Å². The van der Waals surface area contributed by atoms with Crippen molar-refractivity contribution in [2.45, 2.75) is 19.4 Å². The van der Waals surface area contributed by atoms with Crippen LogP contribution in [0, 0.1) is 5.82 Å². The van der Waals surface area contributed by atoms with Crippen molar-refractivity contribution < 1.29 is 23.5 Å². The highest BCUT2D eigenvalue weighted by atomic mass is 35.5. The molecule has 5 nitrogen and oxygen atoms in total.